The van der Waals surface area contributed by atoms with E-state index in [2.05, 4.69) is 20.5 Å². The fourth-order valence-electron chi connectivity index (χ4n) is 2.42. The van der Waals surface area contributed by atoms with Crippen molar-refractivity contribution in [2.45, 2.75) is 19.5 Å². The molecule has 0 bridgehead atoms. The first-order chi connectivity index (χ1) is 11.1. The molecule has 1 N–H and O–H groups in total. The van der Waals surface area contributed by atoms with Crippen LogP contribution >= 0.6 is 11.6 Å². The summed E-state index contributed by atoms with van der Waals surface area (Å²) in [7, 11) is 1.96. The van der Waals surface area contributed by atoms with E-state index in [1.807, 2.05) is 61.0 Å². The number of aromatic nitrogens is 4. The van der Waals surface area contributed by atoms with Gasteiger partial charge in [0.1, 0.15) is 11.6 Å². The quantitative estimate of drug-likeness (QED) is 0.782. The minimum atomic E-state index is -0.0630. The summed E-state index contributed by atoms with van der Waals surface area (Å²) in [6, 6.07) is 13.6. The van der Waals surface area contributed by atoms with Crippen LogP contribution in [0.5, 0.6) is 0 Å². The first-order valence-corrected chi connectivity index (χ1v) is 7.77. The molecule has 2 aromatic heterocycles. The van der Waals surface area contributed by atoms with Gasteiger partial charge in [0.15, 0.2) is 0 Å². The topological polar surface area (TPSA) is 55.6 Å². The van der Waals surface area contributed by atoms with Gasteiger partial charge in [-0.1, -0.05) is 29.8 Å². The fraction of sp³-hybridized carbons (Fsp3) is 0.235. The average molecular weight is 328 g/mol. The highest BCUT2D eigenvalue weighted by atomic mass is 35.5. The van der Waals surface area contributed by atoms with Crippen molar-refractivity contribution in [1.82, 2.24) is 25.1 Å². The summed E-state index contributed by atoms with van der Waals surface area (Å²) in [5, 5.41) is 12.5. The Hall–Kier alpha value is -2.24. The van der Waals surface area contributed by atoms with Crippen molar-refractivity contribution in [2.24, 2.45) is 7.05 Å². The molecule has 0 aliphatic heterocycles. The second kappa shape index (κ2) is 6.89. The molecule has 23 heavy (non-hydrogen) atoms. The molecule has 0 radical (unpaired) electrons. The lowest BCUT2D eigenvalue weighted by Crippen LogP contribution is -2.24. The Morgan fingerprint density at radius 1 is 1.17 bits per heavy atom. The van der Waals surface area contributed by atoms with Crippen molar-refractivity contribution < 1.29 is 0 Å². The largest absolute Gasteiger partial charge is 0.317 e. The van der Waals surface area contributed by atoms with Gasteiger partial charge in [0.05, 0.1) is 18.3 Å². The molecule has 0 spiro atoms. The standard InChI is InChI=1S/C17H18ClN5/c1-12-21-22-16(23(12)2)11-20-17(15-8-3-4-9-19-15)13-6-5-7-14(18)10-13/h3-10,17,20H,11H2,1-2H3/t17-/m1/s1. The van der Waals surface area contributed by atoms with Gasteiger partial charge in [-0.2, -0.15) is 0 Å². The zero-order valence-corrected chi connectivity index (χ0v) is 13.8. The lowest BCUT2D eigenvalue weighted by molar-refractivity contribution is 0.562. The Balaban J connectivity index is 1.88. The smallest absolute Gasteiger partial charge is 0.146 e. The van der Waals surface area contributed by atoms with Crippen LogP contribution in [0.1, 0.15) is 28.9 Å². The second-order valence-corrected chi connectivity index (χ2v) is 5.78. The van der Waals surface area contributed by atoms with Crippen molar-refractivity contribution in [2.75, 3.05) is 0 Å². The first kappa shape index (κ1) is 15.6. The molecule has 118 valence electrons. The summed E-state index contributed by atoms with van der Waals surface area (Å²) >= 11 is 6.15. The summed E-state index contributed by atoms with van der Waals surface area (Å²) in [6.45, 7) is 2.52. The lowest BCUT2D eigenvalue weighted by Gasteiger charge is -2.19. The molecule has 0 saturated heterocycles. The van der Waals surface area contributed by atoms with Gasteiger partial charge in [-0.25, -0.2) is 0 Å². The summed E-state index contributed by atoms with van der Waals surface area (Å²) in [4.78, 5) is 4.48. The predicted octanol–water partition coefficient (Wildman–Crippen LogP) is 3.05. The molecule has 1 atom stereocenters. The predicted molar refractivity (Wildman–Crippen MR) is 90.1 cm³/mol. The monoisotopic (exact) mass is 327 g/mol. The fourth-order valence-corrected chi connectivity index (χ4v) is 2.62. The zero-order chi connectivity index (χ0) is 16.2. The van der Waals surface area contributed by atoms with E-state index in [-0.39, 0.29) is 6.04 Å². The van der Waals surface area contributed by atoms with Gasteiger partial charge < -0.3 is 4.57 Å². The van der Waals surface area contributed by atoms with E-state index in [0.717, 1.165) is 22.9 Å². The highest BCUT2D eigenvalue weighted by Crippen LogP contribution is 2.23. The molecule has 0 amide bonds. The third-order valence-electron chi connectivity index (χ3n) is 3.81. The van der Waals surface area contributed by atoms with Crippen LogP contribution in [-0.2, 0) is 13.6 Å². The van der Waals surface area contributed by atoms with Crippen LogP contribution in [-0.4, -0.2) is 19.7 Å². The number of halogens is 1. The third kappa shape index (κ3) is 3.57. The molecule has 2 heterocycles. The summed E-state index contributed by atoms with van der Waals surface area (Å²) in [5.41, 5.74) is 2.00. The van der Waals surface area contributed by atoms with Crippen LogP contribution < -0.4 is 5.32 Å². The highest BCUT2D eigenvalue weighted by molar-refractivity contribution is 6.30. The maximum absolute atomic E-state index is 6.15. The number of hydrogen-bond donors (Lipinski definition) is 1. The van der Waals surface area contributed by atoms with Gasteiger partial charge in [0.25, 0.3) is 0 Å². The van der Waals surface area contributed by atoms with E-state index in [1.165, 1.54) is 0 Å². The number of benzene rings is 1. The average Bonchev–Trinajstić information content (AvgIpc) is 2.88. The highest BCUT2D eigenvalue weighted by Gasteiger charge is 2.16. The van der Waals surface area contributed by atoms with Gasteiger partial charge in [0, 0.05) is 18.3 Å². The molecule has 0 aliphatic carbocycles. The number of nitrogens with zero attached hydrogens (tertiary/aromatic N) is 4. The van der Waals surface area contributed by atoms with Crippen molar-refractivity contribution in [3.8, 4) is 0 Å². The number of rotatable bonds is 5. The van der Waals surface area contributed by atoms with Crippen LogP contribution in [0, 0.1) is 6.92 Å². The minimum Gasteiger partial charge on any atom is -0.317 e. The van der Waals surface area contributed by atoms with Gasteiger partial charge in [-0.05, 0) is 36.8 Å². The van der Waals surface area contributed by atoms with Gasteiger partial charge in [-0.15, -0.1) is 10.2 Å². The molecule has 6 heteroatoms. The number of aryl methyl sites for hydroxylation is 1. The molecule has 3 aromatic rings. The van der Waals surface area contributed by atoms with Crippen LogP contribution in [0.2, 0.25) is 5.02 Å². The Bertz CT molecular complexity index is 785. The van der Waals surface area contributed by atoms with Crippen molar-refractivity contribution in [3.63, 3.8) is 0 Å². The van der Waals surface area contributed by atoms with E-state index >= 15 is 0 Å². The van der Waals surface area contributed by atoms with Crippen LogP contribution in [0.15, 0.2) is 48.7 Å². The summed E-state index contributed by atoms with van der Waals surface area (Å²) in [6.07, 6.45) is 1.79. The minimum absolute atomic E-state index is 0.0630. The molecule has 0 unspecified atom stereocenters. The number of pyridine rings is 1. The van der Waals surface area contributed by atoms with Crippen molar-refractivity contribution >= 4 is 11.6 Å². The maximum atomic E-state index is 6.15. The van der Waals surface area contributed by atoms with Crippen LogP contribution in [0.4, 0.5) is 0 Å². The molecule has 0 fully saturated rings. The maximum Gasteiger partial charge on any atom is 0.146 e. The third-order valence-corrected chi connectivity index (χ3v) is 4.05. The van der Waals surface area contributed by atoms with Crippen LogP contribution in [0.25, 0.3) is 0 Å². The normalized spacial score (nSPS) is 12.3. The van der Waals surface area contributed by atoms with Gasteiger partial charge in [-0.3, -0.25) is 10.3 Å². The number of nitrogens with one attached hydrogen (secondary N) is 1. The van der Waals surface area contributed by atoms with E-state index < -0.39 is 0 Å². The second-order valence-electron chi connectivity index (χ2n) is 5.35. The van der Waals surface area contributed by atoms with Crippen LogP contribution in [0.3, 0.4) is 0 Å². The van der Waals surface area contributed by atoms with Gasteiger partial charge >= 0.3 is 0 Å². The molecule has 0 aliphatic rings. The van der Waals surface area contributed by atoms with E-state index in [0.29, 0.717) is 11.6 Å². The molecular formula is C17H18ClN5. The summed E-state index contributed by atoms with van der Waals surface area (Å²) < 4.78 is 1.97. The zero-order valence-electron chi connectivity index (χ0n) is 13.1. The van der Waals surface area contributed by atoms with E-state index in [9.17, 15) is 0 Å². The molecule has 1 aromatic carbocycles. The Kier molecular flexibility index (Phi) is 4.69. The Labute approximate surface area is 140 Å². The molecule has 3 rings (SSSR count). The van der Waals surface area contributed by atoms with Crippen molar-refractivity contribution in [3.05, 3.63) is 76.6 Å². The SMILES string of the molecule is Cc1nnc(CN[C@H](c2cccc(Cl)c2)c2ccccn2)n1C. The Morgan fingerprint density at radius 3 is 2.70 bits per heavy atom. The first-order valence-electron chi connectivity index (χ1n) is 7.40. The molecular weight excluding hydrogens is 310 g/mol. The molecule has 5 nitrogen and oxygen atoms in total. The molecule has 0 saturated carbocycles. The Morgan fingerprint density at radius 2 is 2.04 bits per heavy atom. The van der Waals surface area contributed by atoms with E-state index in [1.54, 1.807) is 6.20 Å². The van der Waals surface area contributed by atoms with Crippen molar-refractivity contribution in [1.29, 1.82) is 0 Å². The lowest BCUT2D eigenvalue weighted by atomic mass is 10.0. The number of hydrogen-bond acceptors (Lipinski definition) is 4. The summed E-state index contributed by atoms with van der Waals surface area (Å²) in [5.74, 6) is 1.77. The van der Waals surface area contributed by atoms with E-state index in [4.69, 9.17) is 11.6 Å². The van der Waals surface area contributed by atoms with Gasteiger partial charge in [0.2, 0.25) is 0 Å².